The molecule has 29 heavy (non-hydrogen) atoms. The highest BCUT2D eigenvalue weighted by atomic mass is 35.5. The van der Waals surface area contributed by atoms with Gasteiger partial charge >= 0.3 is 0 Å². The van der Waals surface area contributed by atoms with Crippen molar-refractivity contribution in [3.05, 3.63) is 80.8 Å². The van der Waals surface area contributed by atoms with Crippen molar-refractivity contribution in [1.82, 2.24) is 4.98 Å². The van der Waals surface area contributed by atoms with Gasteiger partial charge in [-0.25, -0.2) is 4.98 Å². The summed E-state index contributed by atoms with van der Waals surface area (Å²) in [6.07, 6.45) is 3.91. The number of benzene rings is 2. The van der Waals surface area contributed by atoms with Crippen LogP contribution < -0.4 is 10.1 Å². The summed E-state index contributed by atoms with van der Waals surface area (Å²) in [5.74, 6) is 0.206. The van der Waals surface area contributed by atoms with E-state index in [1.807, 2.05) is 31.2 Å². The maximum absolute atomic E-state index is 12.4. The van der Waals surface area contributed by atoms with Gasteiger partial charge in [-0.3, -0.25) is 10.1 Å². The van der Waals surface area contributed by atoms with E-state index >= 15 is 0 Å². The van der Waals surface area contributed by atoms with Gasteiger partial charge in [0, 0.05) is 22.5 Å². The number of carbonyl (C=O) groups is 1. The largest absolute Gasteiger partial charge is 0.497 e. The molecule has 7 heteroatoms. The van der Waals surface area contributed by atoms with Crippen molar-refractivity contribution in [3.8, 4) is 11.8 Å². The molecule has 1 amide bonds. The number of hydrogen-bond acceptors (Lipinski definition) is 5. The van der Waals surface area contributed by atoms with E-state index in [4.69, 9.17) is 16.3 Å². The smallest absolute Gasteiger partial charge is 0.268 e. The van der Waals surface area contributed by atoms with Crippen LogP contribution in [0.25, 0.3) is 6.08 Å². The van der Waals surface area contributed by atoms with E-state index in [1.165, 1.54) is 17.4 Å². The first-order chi connectivity index (χ1) is 14.0. The molecule has 0 aliphatic heterocycles. The molecule has 1 heterocycles. The lowest BCUT2D eigenvalue weighted by Crippen LogP contribution is -2.13. The van der Waals surface area contributed by atoms with E-state index in [1.54, 1.807) is 37.6 Å². The lowest BCUT2D eigenvalue weighted by atomic mass is 10.1. The quantitative estimate of drug-likeness (QED) is 0.434. The first-order valence-electron chi connectivity index (χ1n) is 8.75. The number of methoxy groups -OCH3 is 1. The zero-order valence-corrected chi connectivity index (χ0v) is 17.5. The zero-order chi connectivity index (χ0) is 20.8. The third-order valence-electron chi connectivity index (χ3n) is 4.18. The van der Waals surface area contributed by atoms with Crippen LogP contribution in [0.1, 0.15) is 21.6 Å². The molecule has 0 radical (unpaired) electrons. The van der Waals surface area contributed by atoms with Crippen molar-refractivity contribution < 1.29 is 9.53 Å². The van der Waals surface area contributed by atoms with Crippen molar-refractivity contribution in [3.63, 3.8) is 0 Å². The van der Waals surface area contributed by atoms with E-state index in [0.717, 1.165) is 26.6 Å². The average Bonchev–Trinajstić information content (AvgIpc) is 3.16. The monoisotopic (exact) mass is 423 g/mol. The van der Waals surface area contributed by atoms with Gasteiger partial charge in [-0.1, -0.05) is 35.9 Å². The molecule has 1 aromatic heterocycles. The predicted molar refractivity (Wildman–Crippen MR) is 116 cm³/mol. The van der Waals surface area contributed by atoms with E-state index in [9.17, 15) is 10.1 Å². The van der Waals surface area contributed by atoms with Gasteiger partial charge in [0.2, 0.25) is 0 Å². The number of rotatable bonds is 6. The van der Waals surface area contributed by atoms with Crippen LogP contribution in [0.2, 0.25) is 5.02 Å². The number of carbonyl (C=O) groups excluding carboxylic acids is 1. The third kappa shape index (κ3) is 5.44. The Bertz CT molecular complexity index is 1100. The molecule has 0 fully saturated rings. The minimum absolute atomic E-state index is 0.00256. The van der Waals surface area contributed by atoms with Crippen LogP contribution in [0.4, 0.5) is 5.13 Å². The molecule has 0 unspecified atom stereocenters. The molecule has 146 valence electrons. The van der Waals surface area contributed by atoms with Crippen molar-refractivity contribution in [2.45, 2.75) is 13.3 Å². The lowest BCUT2D eigenvalue weighted by molar-refractivity contribution is -0.112. The van der Waals surface area contributed by atoms with Crippen LogP contribution >= 0.6 is 22.9 Å². The number of aromatic nitrogens is 1. The highest BCUT2D eigenvalue weighted by molar-refractivity contribution is 7.15. The van der Waals surface area contributed by atoms with Gasteiger partial charge in [-0.2, -0.15) is 5.26 Å². The maximum atomic E-state index is 12.4. The molecular weight excluding hydrogens is 406 g/mol. The van der Waals surface area contributed by atoms with Gasteiger partial charge in [0.25, 0.3) is 5.91 Å². The van der Waals surface area contributed by atoms with Crippen LogP contribution in [0, 0.1) is 18.3 Å². The van der Waals surface area contributed by atoms with Gasteiger partial charge in [0.1, 0.15) is 17.4 Å². The molecule has 5 nitrogen and oxygen atoms in total. The second-order valence-electron chi connectivity index (χ2n) is 6.29. The molecule has 0 spiro atoms. The minimum Gasteiger partial charge on any atom is -0.497 e. The summed E-state index contributed by atoms with van der Waals surface area (Å²) in [6, 6.07) is 14.9. The Morgan fingerprint density at radius 1 is 1.31 bits per heavy atom. The van der Waals surface area contributed by atoms with Crippen molar-refractivity contribution in [1.29, 1.82) is 5.26 Å². The Morgan fingerprint density at radius 2 is 2.07 bits per heavy atom. The van der Waals surface area contributed by atoms with Crippen molar-refractivity contribution in [2.75, 3.05) is 12.4 Å². The Morgan fingerprint density at radius 3 is 2.72 bits per heavy atom. The van der Waals surface area contributed by atoms with Crippen LogP contribution in [-0.2, 0) is 11.2 Å². The summed E-state index contributed by atoms with van der Waals surface area (Å²) in [5, 5.41) is 13.2. The van der Waals surface area contributed by atoms with Crippen LogP contribution in [0.5, 0.6) is 5.75 Å². The molecule has 0 aliphatic carbocycles. The number of nitrogens with one attached hydrogen (secondary N) is 1. The summed E-state index contributed by atoms with van der Waals surface area (Å²) in [4.78, 5) is 17.7. The van der Waals surface area contributed by atoms with E-state index in [0.29, 0.717) is 17.3 Å². The van der Waals surface area contributed by atoms with Gasteiger partial charge in [0.15, 0.2) is 5.13 Å². The van der Waals surface area contributed by atoms with E-state index in [2.05, 4.69) is 10.3 Å². The molecule has 1 N–H and O–H groups in total. The SMILES string of the molecule is COc1ccc(C=C(C#N)C(=O)Nc2ncc(Cc3ccc(C)c(Cl)c3)s2)cc1. The van der Waals surface area contributed by atoms with Crippen LogP contribution in [0.3, 0.4) is 0 Å². The van der Waals surface area contributed by atoms with Gasteiger partial charge in [-0.05, 0) is 47.9 Å². The van der Waals surface area contributed by atoms with Crippen LogP contribution in [0.15, 0.2) is 54.2 Å². The lowest BCUT2D eigenvalue weighted by Gasteiger charge is -2.02. The third-order valence-corrected chi connectivity index (χ3v) is 5.50. The Hall–Kier alpha value is -3.14. The maximum Gasteiger partial charge on any atom is 0.268 e. The molecule has 0 bridgehead atoms. The summed E-state index contributed by atoms with van der Waals surface area (Å²) in [6.45, 7) is 1.96. The fourth-order valence-electron chi connectivity index (χ4n) is 2.57. The number of thiazole rings is 1. The molecule has 0 atom stereocenters. The number of hydrogen-bond donors (Lipinski definition) is 1. The number of amides is 1. The average molecular weight is 424 g/mol. The standard InChI is InChI=1S/C22H18ClN3O2S/c1-14-3-4-16(11-20(14)23)10-19-13-25-22(29-19)26-21(27)17(12-24)9-15-5-7-18(28-2)8-6-15/h3-9,11,13H,10H2,1-2H3,(H,25,26,27). The molecule has 3 aromatic rings. The van der Waals surface area contributed by atoms with Crippen molar-refractivity contribution in [2.24, 2.45) is 0 Å². The Balaban J connectivity index is 1.68. The zero-order valence-electron chi connectivity index (χ0n) is 15.9. The van der Waals surface area contributed by atoms with Crippen LogP contribution in [-0.4, -0.2) is 18.0 Å². The first kappa shape index (κ1) is 20.6. The number of nitriles is 1. The molecule has 3 rings (SSSR count). The molecule has 0 saturated heterocycles. The molecule has 0 saturated carbocycles. The number of nitrogens with zero attached hydrogens (tertiary/aromatic N) is 2. The first-order valence-corrected chi connectivity index (χ1v) is 9.95. The van der Waals surface area contributed by atoms with Crippen molar-refractivity contribution >= 4 is 40.1 Å². The molecular formula is C22H18ClN3O2S. The fourth-order valence-corrected chi connectivity index (χ4v) is 3.62. The molecule has 0 aliphatic rings. The van der Waals surface area contributed by atoms with Gasteiger partial charge in [-0.15, -0.1) is 11.3 Å². The van der Waals surface area contributed by atoms with E-state index < -0.39 is 5.91 Å². The normalized spacial score (nSPS) is 11.0. The summed E-state index contributed by atoms with van der Waals surface area (Å²) in [7, 11) is 1.58. The highest BCUT2D eigenvalue weighted by Crippen LogP contribution is 2.24. The number of aryl methyl sites for hydroxylation is 1. The Labute approximate surface area is 178 Å². The second-order valence-corrected chi connectivity index (χ2v) is 7.81. The predicted octanol–water partition coefficient (Wildman–Crippen LogP) is 5.25. The molecule has 2 aromatic carbocycles. The van der Waals surface area contributed by atoms with Gasteiger partial charge < -0.3 is 4.74 Å². The second kappa shape index (κ2) is 9.37. The summed E-state index contributed by atoms with van der Waals surface area (Å²) >= 11 is 7.54. The number of anilines is 1. The fraction of sp³-hybridized carbons (Fsp3) is 0.136. The number of ether oxygens (including phenoxy) is 1. The highest BCUT2D eigenvalue weighted by Gasteiger charge is 2.12. The minimum atomic E-state index is -0.498. The topological polar surface area (TPSA) is 75.0 Å². The van der Waals surface area contributed by atoms with E-state index in [-0.39, 0.29) is 5.57 Å². The number of halogens is 1. The Kier molecular flexibility index (Phi) is 6.65. The summed E-state index contributed by atoms with van der Waals surface area (Å²) < 4.78 is 5.10. The van der Waals surface area contributed by atoms with Gasteiger partial charge in [0.05, 0.1) is 7.11 Å². The summed E-state index contributed by atoms with van der Waals surface area (Å²) in [5.41, 5.74) is 2.82.